The molecule has 2 amide bonds. The summed E-state index contributed by atoms with van der Waals surface area (Å²) in [5.74, 6) is 0.478. The fourth-order valence-corrected chi connectivity index (χ4v) is 1.71. The first-order valence-electron chi connectivity index (χ1n) is 7.60. The molecule has 0 aliphatic heterocycles. The van der Waals surface area contributed by atoms with Crippen LogP contribution in [0.3, 0.4) is 0 Å². The van der Waals surface area contributed by atoms with Gasteiger partial charge in [0, 0.05) is 12.2 Å². The van der Waals surface area contributed by atoms with Gasteiger partial charge in [0.1, 0.15) is 11.2 Å². The molecule has 0 aliphatic carbocycles. The van der Waals surface area contributed by atoms with Crippen molar-refractivity contribution in [2.24, 2.45) is 11.3 Å². The first-order chi connectivity index (χ1) is 10.3. The topological polar surface area (TPSA) is 67.4 Å². The van der Waals surface area contributed by atoms with E-state index in [-0.39, 0.29) is 11.8 Å². The molecule has 22 heavy (non-hydrogen) atoms. The van der Waals surface area contributed by atoms with Crippen molar-refractivity contribution in [3.63, 3.8) is 0 Å². The minimum atomic E-state index is -1.13. The summed E-state index contributed by atoms with van der Waals surface area (Å²) in [5.41, 5.74) is -0.494. The van der Waals surface area contributed by atoms with Crippen LogP contribution >= 0.6 is 0 Å². The second-order valence-corrected chi connectivity index (χ2v) is 6.14. The highest BCUT2D eigenvalue weighted by atomic mass is 16.5. The predicted octanol–water partition coefficient (Wildman–Crippen LogP) is 2.82. The molecule has 122 valence electrons. The summed E-state index contributed by atoms with van der Waals surface area (Å²) in [6, 6.07) is 7.08. The number of benzene rings is 1. The van der Waals surface area contributed by atoms with Crippen LogP contribution < -0.4 is 15.4 Å². The van der Waals surface area contributed by atoms with Gasteiger partial charge in [-0.1, -0.05) is 13.8 Å². The van der Waals surface area contributed by atoms with Crippen molar-refractivity contribution >= 4 is 17.5 Å². The van der Waals surface area contributed by atoms with Crippen LogP contribution in [0.4, 0.5) is 5.69 Å². The van der Waals surface area contributed by atoms with Crippen LogP contribution in [0.1, 0.15) is 34.6 Å². The SMILES string of the molecule is CCOc1ccc(NC(=O)C(C)(C)C(=O)NCC(C)C)cc1. The largest absolute Gasteiger partial charge is 0.494 e. The van der Waals surface area contributed by atoms with Gasteiger partial charge in [-0.2, -0.15) is 0 Å². The van der Waals surface area contributed by atoms with Crippen molar-refractivity contribution < 1.29 is 14.3 Å². The van der Waals surface area contributed by atoms with E-state index in [1.807, 2.05) is 20.8 Å². The molecule has 0 saturated carbocycles. The van der Waals surface area contributed by atoms with E-state index in [9.17, 15) is 9.59 Å². The Balaban J connectivity index is 2.67. The molecule has 0 aromatic heterocycles. The van der Waals surface area contributed by atoms with Crippen LogP contribution in [-0.2, 0) is 9.59 Å². The summed E-state index contributed by atoms with van der Waals surface area (Å²) in [7, 11) is 0. The molecule has 0 unspecified atom stereocenters. The van der Waals surface area contributed by atoms with Crippen molar-refractivity contribution in [2.75, 3.05) is 18.5 Å². The number of nitrogens with one attached hydrogen (secondary N) is 2. The zero-order valence-corrected chi connectivity index (χ0v) is 14.0. The Morgan fingerprint density at radius 1 is 1.14 bits per heavy atom. The Morgan fingerprint density at radius 3 is 2.23 bits per heavy atom. The molecule has 0 bridgehead atoms. The van der Waals surface area contributed by atoms with Gasteiger partial charge in [0.2, 0.25) is 11.8 Å². The van der Waals surface area contributed by atoms with Crippen LogP contribution in [-0.4, -0.2) is 25.0 Å². The zero-order valence-electron chi connectivity index (χ0n) is 14.0. The lowest BCUT2D eigenvalue weighted by Crippen LogP contribution is -2.46. The monoisotopic (exact) mass is 306 g/mol. The Hall–Kier alpha value is -2.04. The molecule has 5 nitrogen and oxygen atoms in total. The summed E-state index contributed by atoms with van der Waals surface area (Å²) in [6.07, 6.45) is 0. The zero-order chi connectivity index (χ0) is 16.8. The first kappa shape index (κ1) is 18.0. The summed E-state index contributed by atoms with van der Waals surface area (Å²) >= 11 is 0. The highest BCUT2D eigenvalue weighted by Crippen LogP contribution is 2.21. The number of amides is 2. The molecule has 0 spiro atoms. The summed E-state index contributed by atoms with van der Waals surface area (Å²) in [4.78, 5) is 24.5. The second kappa shape index (κ2) is 7.82. The molecule has 0 radical (unpaired) electrons. The normalized spacial score (nSPS) is 11.2. The smallest absolute Gasteiger partial charge is 0.239 e. The minimum absolute atomic E-state index is 0.273. The lowest BCUT2D eigenvalue weighted by atomic mass is 9.90. The van der Waals surface area contributed by atoms with Gasteiger partial charge in [-0.3, -0.25) is 9.59 Å². The van der Waals surface area contributed by atoms with Crippen LogP contribution in [0.5, 0.6) is 5.75 Å². The van der Waals surface area contributed by atoms with Crippen molar-refractivity contribution in [3.05, 3.63) is 24.3 Å². The van der Waals surface area contributed by atoms with Crippen molar-refractivity contribution in [1.29, 1.82) is 0 Å². The average molecular weight is 306 g/mol. The fraction of sp³-hybridized carbons (Fsp3) is 0.529. The maximum Gasteiger partial charge on any atom is 0.239 e. The van der Waals surface area contributed by atoms with Gasteiger partial charge >= 0.3 is 0 Å². The van der Waals surface area contributed by atoms with E-state index in [1.165, 1.54) is 0 Å². The van der Waals surface area contributed by atoms with Gasteiger partial charge in [0.25, 0.3) is 0 Å². The van der Waals surface area contributed by atoms with Crippen LogP contribution in [0.2, 0.25) is 0 Å². The quantitative estimate of drug-likeness (QED) is 0.761. The van der Waals surface area contributed by atoms with Gasteiger partial charge in [-0.15, -0.1) is 0 Å². The molecule has 1 aromatic rings. The standard InChI is InChI=1S/C17H26N2O3/c1-6-22-14-9-7-13(8-10-14)19-16(21)17(4,5)15(20)18-11-12(2)3/h7-10,12H,6,11H2,1-5H3,(H,18,20)(H,19,21). The number of hydrogen-bond acceptors (Lipinski definition) is 3. The molecular formula is C17H26N2O3. The Bertz CT molecular complexity index is 507. The number of hydrogen-bond donors (Lipinski definition) is 2. The van der Waals surface area contributed by atoms with Crippen LogP contribution in [0.15, 0.2) is 24.3 Å². The number of rotatable bonds is 7. The third-order valence-corrected chi connectivity index (χ3v) is 3.23. The summed E-state index contributed by atoms with van der Waals surface area (Å²) < 4.78 is 5.35. The van der Waals surface area contributed by atoms with Gasteiger partial charge in [0.05, 0.1) is 6.61 Å². The highest BCUT2D eigenvalue weighted by Gasteiger charge is 2.35. The van der Waals surface area contributed by atoms with E-state index in [1.54, 1.807) is 38.1 Å². The van der Waals surface area contributed by atoms with E-state index in [2.05, 4.69) is 10.6 Å². The van der Waals surface area contributed by atoms with Gasteiger partial charge in [-0.25, -0.2) is 0 Å². The molecule has 1 aromatic carbocycles. The third kappa shape index (κ3) is 5.06. The maximum absolute atomic E-state index is 12.3. The second-order valence-electron chi connectivity index (χ2n) is 6.14. The van der Waals surface area contributed by atoms with Crippen LogP contribution in [0, 0.1) is 11.3 Å². The molecule has 0 atom stereocenters. The maximum atomic E-state index is 12.3. The molecular weight excluding hydrogens is 280 g/mol. The molecule has 0 fully saturated rings. The Labute approximate surface area is 132 Å². The lowest BCUT2D eigenvalue weighted by molar-refractivity contribution is -0.138. The number of anilines is 1. The van der Waals surface area contributed by atoms with E-state index >= 15 is 0 Å². The van der Waals surface area contributed by atoms with Crippen molar-refractivity contribution in [2.45, 2.75) is 34.6 Å². The minimum Gasteiger partial charge on any atom is -0.494 e. The Morgan fingerprint density at radius 2 is 1.73 bits per heavy atom. The van der Waals surface area contributed by atoms with Gasteiger partial charge < -0.3 is 15.4 Å². The highest BCUT2D eigenvalue weighted by molar-refractivity contribution is 6.09. The molecule has 5 heteroatoms. The number of carbonyl (C=O) groups excluding carboxylic acids is 2. The summed E-state index contributed by atoms with van der Waals surface area (Å²) in [6.45, 7) is 10.3. The van der Waals surface area contributed by atoms with E-state index in [4.69, 9.17) is 4.74 Å². The van der Waals surface area contributed by atoms with Crippen LogP contribution in [0.25, 0.3) is 0 Å². The number of ether oxygens (including phenoxy) is 1. The third-order valence-electron chi connectivity index (χ3n) is 3.23. The lowest BCUT2D eigenvalue weighted by Gasteiger charge is -2.23. The van der Waals surface area contributed by atoms with Crippen molar-refractivity contribution in [1.82, 2.24) is 5.32 Å². The average Bonchev–Trinajstić information content (AvgIpc) is 2.46. The van der Waals surface area contributed by atoms with E-state index in [0.29, 0.717) is 24.8 Å². The fourth-order valence-electron chi connectivity index (χ4n) is 1.71. The van der Waals surface area contributed by atoms with Gasteiger partial charge in [-0.05, 0) is 51.0 Å². The Kier molecular flexibility index (Phi) is 6.40. The van der Waals surface area contributed by atoms with Crippen molar-refractivity contribution in [3.8, 4) is 5.75 Å². The molecule has 0 heterocycles. The summed E-state index contributed by atoms with van der Waals surface area (Å²) in [5, 5.41) is 5.56. The first-order valence-corrected chi connectivity index (χ1v) is 7.60. The molecule has 0 aliphatic rings. The van der Waals surface area contributed by atoms with E-state index < -0.39 is 5.41 Å². The van der Waals surface area contributed by atoms with Gasteiger partial charge in [0.15, 0.2) is 0 Å². The molecule has 0 saturated heterocycles. The van der Waals surface area contributed by atoms with E-state index in [0.717, 1.165) is 5.75 Å². The molecule has 2 N–H and O–H groups in total. The number of carbonyl (C=O) groups is 2. The predicted molar refractivity (Wildman–Crippen MR) is 87.9 cm³/mol. The molecule has 1 rings (SSSR count).